The molecule has 0 bridgehead atoms. The van der Waals surface area contributed by atoms with Crippen molar-refractivity contribution < 1.29 is 0 Å². The predicted octanol–water partition coefficient (Wildman–Crippen LogP) is 2.22. The fraction of sp³-hybridized carbons (Fsp3) is 0.312. The molecule has 7 heteroatoms. The van der Waals surface area contributed by atoms with Gasteiger partial charge in [-0.05, 0) is 24.6 Å². The van der Waals surface area contributed by atoms with E-state index in [1.54, 1.807) is 18.5 Å². The Morgan fingerprint density at radius 3 is 2.43 bits per heavy atom. The van der Waals surface area contributed by atoms with Gasteiger partial charge >= 0.3 is 0 Å². The maximum Gasteiger partial charge on any atom is 0.146 e. The average molecular weight is 329 g/mol. The molecule has 2 aromatic rings. The Morgan fingerprint density at radius 2 is 1.83 bits per heavy atom. The van der Waals surface area contributed by atoms with Crippen LogP contribution >= 0.6 is 11.6 Å². The molecule has 0 atom stereocenters. The third-order valence-electron chi connectivity index (χ3n) is 4.08. The Morgan fingerprint density at radius 1 is 1.13 bits per heavy atom. The number of rotatable bonds is 2. The van der Waals surface area contributed by atoms with Crippen molar-refractivity contribution in [3.63, 3.8) is 0 Å². The van der Waals surface area contributed by atoms with E-state index in [4.69, 9.17) is 17.3 Å². The predicted molar refractivity (Wildman–Crippen MR) is 91.8 cm³/mol. The lowest BCUT2D eigenvalue weighted by atomic mass is 10.1. The Kier molecular flexibility index (Phi) is 4.22. The minimum absolute atomic E-state index is 0.520. The van der Waals surface area contributed by atoms with E-state index in [2.05, 4.69) is 25.8 Å². The van der Waals surface area contributed by atoms with Crippen LogP contribution in [-0.4, -0.2) is 36.1 Å². The average Bonchev–Trinajstić information content (AvgIpc) is 2.58. The number of nitriles is 1. The monoisotopic (exact) mass is 328 g/mol. The number of halogens is 1. The standard InChI is InChI=1S/C16H17ClN6/c1-11-13(8-18)16(21-10-14(11)17)23-6-4-22(5-7-23)12-2-3-15(19)20-9-12/h2-3,9-10H,4-7H2,1H3,(H2,19,20). The van der Waals surface area contributed by atoms with Gasteiger partial charge in [-0.15, -0.1) is 0 Å². The number of anilines is 3. The van der Waals surface area contributed by atoms with Crippen molar-refractivity contribution in [1.29, 1.82) is 5.26 Å². The summed E-state index contributed by atoms with van der Waals surface area (Å²) in [6, 6.07) is 6.01. The number of hydrogen-bond donors (Lipinski definition) is 1. The zero-order chi connectivity index (χ0) is 16.4. The third-order valence-corrected chi connectivity index (χ3v) is 4.46. The second-order valence-electron chi connectivity index (χ2n) is 5.46. The van der Waals surface area contributed by atoms with Gasteiger partial charge in [0.25, 0.3) is 0 Å². The van der Waals surface area contributed by atoms with Gasteiger partial charge in [-0.2, -0.15) is 5.26 Å². The number of aromatic nitrogens is 2. The van der Waals surface area contributed by atoms with E-state index in [1.807, 2.05) is 13.0 Å². The van der Waals surface area contributed by atoms with Crippen molar-refractivity contribution in [1.82, 2.24) is 9.97 Å². The Balaban J connectivity index is 1.76. The highest BCUT2D eigenvalue weighted by Crippen LogP contribution is 2.27. The highest BCUT2D eigenvalue weighted by molar-refractivity contribution is 6.31. The minimum Gasteiger partial charge on any atom is -0.384 e. The van der Waals surface area contributed by atoms with Gasteiger partial charge in [0.05, 0.1) is 22.5 Å². The molecule has 0 amide bonds. The van der Waals surface area contributed by atoms with E-state index in [9.17, 15) is 5.26 Å². The lowest BCUT2D eigenvalue weighted by Crippen LogP contribution is -2.47. The van der Waals surface area contributed by atoms with Crippen molar-refractivity contribution in [3.05, 3.63) is 40.7 Å². The highest BCUT2D eigenvalue weighted by Gasteiger charge is 2.22. The molecule has 1 aliphatic heterocycles. The highest BCUT2D eigenvalue weighted by atomic mass is 35.5. The lowest BCUT2D eigenvalue weighted by molar-refractivity contribution is 0.646. The van der Waals surface area contributed by atoms with Gasteiger partial charge in [-0.25, -0.2) is 9.97 Å². The van der Waals surface area contributed by atoms with Crippen LogP contribution in [0.4, 0.5) is 17.3 Å². The van der Waals surface area contributed by atoms with Gasteiger partial charge in [0, 0.05) is 32.4 Å². The van der Waals surface area contributed by atoms with Gasteiger partial charge in [0.1, 0.15) is 17.7 Å². The first-order valence-electron chi connectivity index (χ1n) is 7.37. The summed E-state index contributed by atoms with van der Waals surface area (Å²) in [4.78, 5) is 12.9. The van der Waals surface area contributed by atoms with Crippen LogP contribution < -0.4 is 15.5 Å². The largest absolute Gasteiger partial charge is 0.384 e. The summed E-state index contributed by atoms with van der Waals surface area (Å²) in [5, 5.41) is 9.93. The zero-order valence-electron chi connectivity index (χ0n) is 12.8. The number of piperazine rings is 1. The van der Waals surface area contributed by atoms with Crippen LogP contribution in [0, 0.1) is 18.3 Å². The first-order valence-corrected chi connectivity index (χ1v) is 7.74. The van der Waals surface area contributed by atoms with Crippen molar-refractivity contribution in [2.45, 2.75) is 6.92 Å². The smallest absolute Gasteiger partial charge is 0.146 e. The van der Waals surface area contributed by atoms with E-state index >= 15 is 0 Å². The normalized spacial score (nSPS) is 14.7. The van der Waals surface area contributed by atoms with Crippen LogP contribution in [0.25, 0.3) is 0 Å². The van der Waals surface area contributed by atoms with Gasteiger partial charge in [-0.3, -0.25) is 0 Å². The molecule has 0 aromatic carbocycles. The molecule has 0 saturated carbocycles. The summed E-state index contributed by atoms with van der Waals surface area (Å²) in [6.45, 7) is 5.09. The van der Waals surface area contributed by atoms with Crippen LogP contribution in [0.3, 0.4) is 0 Å². The summed E-state index contributed by atoms with van der Waals surface area (Å²) in [5.74, 6) is 1.23. The van der Waals surface area contributed by atoms with Gasteiger partial charge < -0.3 is 15.5 Å². The summed E-state index contributed by atoms with van der Waals surface area (Å²) >= 11 is 6.06. The molecule has 0 aliphatic carbocycles. The molecule has 23 heavy (non-hydrogen) atoms. The van der Waals surface area contributed by atoms with E-state index in [1.165, 1.54) is 0 Å². The zero-order valence-corrected chi connectivity index (χ0v) is 13.6. The second-order valence-corrected chi connectivity index (χ2v) is 5.86. The molecule has 3 rings (SSSR count). The maximum atomic E-state index is 9.40. The summed E-state index contributed by atoms with van der Waals surface area (Å²) in [6.07, 6.45) is 3.40. The molecule has 1 fully saturated rings. The molecule has 3 heterocycles. The Hall–Kier alpha value is -2.52. The molecule has 1 aliphatic rings. The second kappa shape index (κ2) is 6.31. The number of hydrogen-bond acceptors (Lipinski definition) is 6. The third kappa shape index (κ3) is 3.01. The summed E-state index contributed by atoms with van der Waals surface area (Å²) in [7, 11) is 0. The molecule has 0 radical (unpaired) electrons. The van der Waals surface area contributed by atoms with Crippen molar-refractivity contribution >= 4 is 28.9 Å². The molecule has 2 aromatic heterocycles. The minimum atomic E-state index is 0.520. The topological polar surface area (TPSA) is 82.1 Å². The van der Waals surface area contributed by atoms with E-state index < -0.39 is 0 Å². The van der Waals surface area contributed by atoms with E-state index in [-0.39, 0.29) is 0 Å². The Labute approximate surface area is 140 Å². The van der Waals surface area contributed by atoms with Crippen LogP contribution in [0.5, 0.6) is 0 Å². The number of nitrogens with zero attached hydrogens (tertiary/aromatic N) is 5. The first kappa shape index (κ1) is 15.4. The van der Waals surface area contributed by atoms with Crippen LogP contribution in [0.15, 0.2) is 24.5 Å². The van der Waals surface area contributed by atoms with Crippen molar-refractivity contribution in [2.24, 2.45) is 0 Å². The van der Waals surface area contributed by atoms with Crippen molar-refractivity contribution in [2.75, 3.05) is 41.7 Å². The van der Waals surface area contributed by atoms with Crippen LogP contribution in [0.2, 0.25) is 5.02 Å². The molecule has 1 saturated heterocycles. The number of nitrogens with two attached hydrogens (primary N) is 1. The van der Waals surface area contributed by atoms with Crippen LogP contribution in [-0.2, 0) is 0 Å². The fourth-order valence-electron chi connectivity index (χ4n) is 2.70. The number of pyridine rings is 2. The Bertz CT molecular complexity index is 744. The van der Waals surface area contributed by atoms with Gasteiger partial charge in [-0.1, -0.05) is 11.6 Å². The van der Waals surface area contributed by atoms with Gasteiger partial charge in [0.15, 0.2) is 0 Å². The molecular formula is C16H17ClN6. The number of nitrogen functional groups attached to an aromatic ring is 1. The summed E-state index contributed by atoms with van der Waals surface area (Å²) in [5.41, 5.74) is 8.02. The summed E-state index contributed by atoms with van der Waals surface area (Å²) < 4.78 is 0. The fourth-order valence-corrected chi connectivity index (χ4v) is 2.84. The maximum absolute atomic E-state index is 9.40. The molecule has 6 nitrogen and oxygen atoms in total. The lowest BCUT2D eigenvalue weighted by Gasteiger charge is -2.37. The van der Waals surface area contributed by atoms with Crippen molar-refractivity contribution in [3.8, 4) is 6.07 Å². The quantitative estimate of drug-likeness (QED) is 0.910. The molecule has 0 unspecified atom stereocenters. The van der Waals surface area contributed by atoms with E-state index in [0.717, 1.165) is 37.4 Å². The van der Waals surface area contributed by atoms with Gasteiger partial charge in [0.2, 0.25) is 0 Å². The molecular weight excluding hydrogens is 312 g/mol. The molecule has 118 valence electrons. The SMILES string of the molecule is Cc1c(Cl)cnc(N2CCN(c3ccc(N)nc3)CC2)c1C#N. The van der Waals surface area contributed by atoms with E-state index in [0.29, 0.717) is 22.2 Å². The molecule has 2 N–H and O–H groups in total. The van der Waals surface area contributed by atoms with Crippen LogP contribution in [0.1, 0.15) is 11.1 Å². The first-order chi connectivity index (χ1) is 11.1. The molecule has 0 spiro atoms.